The number of carbonyl (C=O) groups is 2. The van der Waals surface area contributed by atoms with Crippen molar-refractivity contribution in [2.24, 2.45) is 0 Å². The zero-order valence-corrected chi connectivity index (χ0v) is 22.0. The van der Waals surface area contributed by atoms with Crippen LogP contribution in [0.25, 0.3) is 22.3 Å². The van der Waals surface area contributed by atoms with Gasteiger partial charge in [0.05, 0.1) is 11.1 Å². The third kappa shape index (κ3) is 5.12. The summed E-state index contributed by atoms with van der Waals surface area (Å²) in [6.07, 6.45) is 0. The molecular formula is C26H24ClN3O5S. The highest BCUT2D eigenvalue weighted by Gasteiger charge is 2.21. The lowest BCUT2D eigenvalue weighted by Crippen LogP contribution is -2.22. The molecule has 36 heavy (non-hydrogen) atoms. The smallest absolute Gasteiger partial charge is 0.265 e. The first-order valence-electron chi connectivity index (χ1n) is 11.0. The van der Waals surface area contributed by atoms with Crippen molar-refractivity contribution in [3.63, 3.8) is 0 Å². The van der Waals surface area contributed by atoms with Crippen molar-refractivity contribution >= 4 is 50.9 Å². The van der Waals surface area contributed by atoms with Crippen molar-refractivity contribution in [1.82, 2.24) is 9.88 Å². The van der Waals surface area contributed by atoms with E-state index in [4.69, 9.17) is 20.8 Å². The molecule has 0 saturated heterocycles. The molecular weight excluding hydrogens is 502 g/mol. The van der Waals surface area contributed by atoms with Gasteiger partial charge in [0.15, 0.2) is 17.5 Å². The normalized spacial score (nSPS) is 10.9. The summed E-state index contributed by atoms with van der Waals surface area (Å²) in [5, 5.41) is 3.78. The van der Waals surface area contributed by atoms with Gasteiger partial charge in [0.25, 0.3) is 11.8 Å². The number of aromatic nitrogens is 1. The number of fused-ring (bicyclic) bond motifs is 1. The van der Waals surface area contributed by atoms with Crippen LogP contribution in [-0.2, 0) is 4.79 Å². The van der Waals surface area contributed by atoms with Crippen LogP contribution in [0.1, 0.15) is 26.5 Å². The Balaban J connectivity index is 1.65. The van der Waals surface area contributed by atoms with E-state index in [0.29, 0.717) is 32.1 Å². The fourth-order valence-electron chi connectivity index (χ4n) is 3.50. The minimum atomic E-state index is -0.533. The van der Waals surface area contributed by atoms with Crippen LogP contribution < -0.4 is 15.5 Å². The molecule has 8 nitrogen and oxygen atoms in total. The lowest BCUT2D eigenvalue weighted by atomic mass is 10.0. The molecule has 10 heteroatoms. The number of aryl methyl sites for hydroxylation is 3. The highest BCUT2D eigenvalue weighted by atomic mass is 35.5. The Bertz CT molecular complexity index is 1540. The van der Waals surface area contributed by atoms with E-state index in [1.165, 1.54) is 4.90 Å². The lowest BCUT2D eigenvalue weighted by Gasteiger charge is -2.12. The number of rotatable bonds is 6. The maximum Gasteiger partial charge on any atom is 0.265 e. The monoisotopic (exact) mass is 525 g/mol. The van der Waals surface area contributed by atoms with Gasteiger partial charge in [0, 0.05) is 24.7 Å². The van der Waals surface area contributed by atoms with Gasteiger partial charge in [-0.3, -0.25) is 19.7 Å². The quantitative estimate of drug-likeness (QED) is 0.370. The number of hydrogen-bond donors (Lipinski definition) is 1. The van der Waals surface area contributed by atoms with E-state index in [9.17, 15) is 14.4 Å². The molecule has 0 spiro atoms. The van der Waals surface area contributed by atoms with Crippen molar-refractivity contribution in [2.75, 3.05) is 26.0 Å². The number of benzene rings is 2. The average molecular weight is 526 g/mol. The topological polar surface area (TPSA) is 102 Å². The van der Waals surface area contributed by atoms with E-state index in [0.717, 1.165) is 22.5 Å². The molecule has 0 fully saturated rings. The lowest BCUT2D eigenvalue weighted by molar-refractivity contribution is -0.118. The van der Waals surface area contributed by atoms with Gasteiger partial charge in [-0.25, -0.2) is 4.98 Å². The van der Waals surface area contributed by atoms with E-state index >= 15 is 0 Å². The summed E-state index contributed by atoms with van der Waals surface area (Å²) in [5.41, 5.74) is 3.03. The van der Waals surface area contributed by atoms with Gasteiger partial charge in [0.1, 0.15) is 10.5 Å². The van der Waals surface area contributed by atoms with Gasteiger partial charge in [-0.05, 0) is 68.3 Å². The van der Waals surface area contributed by atoms with Gasteiger partial charge in [-0.15, -0.1) is 0 Å². The summed E-state index contributed by atoms with van der Waals surface area (Å²) in [6, 6.07) is 10.3. The first kappa shape index (κ1) is 25.4. The Labute approximate surface area is 216 Å². The predicted molar refractivity (Wildman–Crippen MR) is 141 cm³/mol. The van der Waals surface area contributed by atoms with Crippen LogP contribution in [0.4, 0.5) is 5.13 Å². The molecule has 0 aliphatic heterocycles. The number of nitrogens with zero attached hydrogens (tertiary/aromatic N) is 2. The number of nitrogens with one attached hydrogen (secondary N) is 1. The van der Waals surface area contributed by atoms with Gasteiger partial charge in [-0.1, -0.05) is 22.9 Å². The van der Waals surface area contributed by atoms with Crippen molar-refractivity contribution in [1.29, 1.82) is 0 Å². The van der Waals surface area contributed by atoms with Crippen molar-refractivity contribution in [3.05, 3.63) is 73.3 Å². The Morgan fingerprint density at radius 1 is 1.11 bits per heavy atom. The molecule has 0 bridgehead atoms. The first-order valence-corrected chi connectivity index (χ1v) is 12.2. The number of thiazole rings is 1. The fourth-order valence-corrected chi connectivity index (χ4v) is 4.63. The van der Waals surface area contributed by atoms with Crippen molar-refractivity contribution < 1.29 is 18.7 Å². The largest absolute Gasteiger partial charge is 0.476 e. The summed E-state index contributed by atoms with van der Waals surface area (Å²) in [7, 11) is 3.29. The molecule has 4 rings (SSSR count). The highest BCUT2D eigenvalue weighted by molar-refractivity contribution is 7.17. The zero-order chi connectivity index (χ0) is 26.1. The molecule has 2 amide bonds. The molecule has 0 aliphatic rings. The predicted octanol–water partition coefficient (Wildman–Crippen LogP) is 5.21. The standard InChI is InChI=1S/C26H24ClN3O5S/c1-13-10-18-19(11-14(13)2)35-22(16-6-8-17(27)9-7-16)23(21(18)32)34-12-20(31)29-26-28-15(3)24(36-26)25(33)30(4)5/h6-11H,12H2,1-5H3,(H,28,29,31). The third-order valence-corrected chi connectivity index (χ3v) is 6.88. The minimum Gasteiger partial charge on any atom is -0.476 e. The van der Waals surface area contributed by atoms with E-state index in [1.54, 1.807) is 57.4 Å². The molecule has 0 saturated carbocycles. The SMILES string of the molecule is Cc1cc2oc(-c3ccc(Cl)cc3)c(OCC(=O)Nc3nc(C)c(C(=O)N(C)C)s3)c(=O)c2cc1C. The summed E-state index contributed by atoms with van der Waals surface area (Å²) in [4.78, 5) is 44.5. The first-order chi connectivity index (χ1) is 17.0. The molecule has 186 valence electrons. The molecule has 4 aromatic rings. The van der Waals surface area contributed by atoms with E-state index in [-0.39, 0.29) is 28.0 Å². The Hall–Kier alpha value is -3.69. The van der Waals surface area contributed by atoms with Crippen molar-refractivity contribution in [2.45, 2.75) is 20.8 Å². The van der Waals surface area contributed by atoms with Crippen LogP contribution in [-0.4, -0.2) is 42.4 Å². The number of halogens is 1. The van der Waals surface area contributed by atoms with E-state index in [1.807, 2.05) is 13.8 Å². The highest BCUT2D eigenvalue weighted by Crippen LogP contribution is 2.32. The molecule has 0 atom stereocenters. The van der Waals surface area contributed by atoms with E-state index in [2.05, 4.69) is 10.3 Å². The van der Waals surface area contributed by atoms with Crippen LogP contribution in [0.3, 0.4) is 0 Å². The summed E-state index contributed by atoms with van der Waals surface area (Å²) >= 11 is 7.10. The number of anilines is 1. The average Bonchev–Trinajstić information content (AvgIpc) is 3.19. The third-order valence-electron chi connectivity index (χ3n) is 5.56. The Morgan fingerprint density at radius 3 is 2.44 bits per heavy atom. The number of ether oxygens (including phenoxy) is 1. The fraction of sp³-hybridized carbons (Fsp3) is 0.231. The van der Waals surface area contributed by atoms with Gasteiger partial charge in [0.2, 0.25) is 11.2 Å². The number of amides is 2. The van der Waals surface area contributed by atoms with Gasteiger partial charge in [-0.2, -0.15) is 0 Å². The Kier molecular flexibility index (Phi) is 7.14. The molecule has 0 radical (unpaired) electrons. The second-order valence-corrected chi connectivity index (χ2v) is 9.93. The molecule has 2 aromatic heterocycles. The second-order valence-electron chi connectivity index (χ2n) is 8.50. The Morgan fingerprint density at radius 2 is 1.78 bits per heavy atom. The minimum absolute atomic E-state index is 0.0815. The van der Waals surface area contributed by atoms with Crippen LogP contribution in [0.2, 0.25) is 5.02 Å². The van der Waals surface area contributed by atoms with Crippen molar-refractivity contribution in [3.8, 4) is 17.1 Å². The maximum atomic E-state index is 13.4. The van der Waals surface area contributed by atoms with Gasteiger partial charge >= 0.3 is 0 Å². The van der Waals surface area contributed by atoms with Gasteiger partial charge < -0.3 is 14.1 Å². The molecule has 2 heterocycles. The number of hydrogen-bond acceptors (Lipinski definition) is 7. The molecule has 0 aliphatic carbocycles. The molecule has 1 N–H and O–H groups in total. The summed E-state index contributed by atoms with van der Waals surface area (Å²) < 4.78 is 11.8. The maximum absolute atomic E-state index is 13.4. The van der Waals surface area contributed by atoms with Crippen LogP contribution in [0.15, 0.2) is 45.6 Å². The van der Waals surface area contributed by atoms with Crippen LogP contribution in [0.5, 0.6) is 5.75 Å². The molecule has 2 aromatic carbocycles. The second kappa shape index (κ2) is 10.1. The van der Waals surface area contributed by atoms with E-state index < -0.39 is 12.5 Å². The van der Waals surface area contributed by atoms with Crippen LogP contribution in [0, 0.1) is 20.8 Å². The summed E-state index contributed by atoms with van der Waals surface area (Å²) in [6.45, 7) is 5.07. The summed E-state index contributed by atoms with van der Waals surface area (Å²) in [5.74, 6) is -0.617. The number of carbonyl (C=O) groups excluding carboxylic acids is 2. The zero-order valence-electron chi connectivity index (χ0n) is 20.4. The molecule has 0 unspecified atom stereocenters. The van der Waals surface area contributed by atoms with Crippen LogP contribution >= 0.6 is 22.9 Å².